The number of pyridine rings is 1. The van der Waals surface area contributed by atoms with E-state index in [9.17, 15) is 0 Å². The number of piperidine rings is 1. The molecular weight excluding hydrogens is 306 g/mol. The average molecular weight is 324 g/mol. The molecule has 0 aliphatic carbocycles. The van der Waals surface area contributed by atoms with E-state index in [-0.39, 0.29) is 0 Å². The maximum atomic E-state index is 6.00. The predicted molar refractivity (Wildman–Crippen MR) is 79.9 cm³/mol. The zero-order chi connectivity index (χ0) is 13.2. The molecule has 0 atom stereocenters. The van der Waals surface area contributed by atoms with Crippen molar-refractivity contribution in [1.82, 2.24) is 19.4 Å². The molecule has 1 aliphatic heterocycles. The molecule has 2 aromatic rings. The van der Waals surface area contributed by atoms with Gasteiger partial charge in [0.05, 0.1) is 0 Å². The van der Waals surface area contributed by atoms with Gasteiger partial charge >= 0.3 is 0 Å². The number of nitrogens with two attached hydrogens (primary N) is 1. The number of rotatable bonds is 3. The lowest BCUT2D eigenvalue weighted by Gasteiger charge is -2.26. The molecule has 2 N–H and O–H groups in total. The highest BCUT2D eigenvalue weighted by atomic mass is 79.9. The lowest BCUT2D eigenvalue weighted by molar-refractivity contribution is 0.222. The molecule has 0 bridgehead atoms. The normalized spacial score (nSPS) is 17.1. The molecule has 5 nitrogen and oxygen atoms in total. The van der Waals surface area contributed by atoms with Gasteiger partial charge < -0.3 is 10.6 Å². The highest BCUT2D eigenvalue weighted by Crippen LogP contribution is 2.19. The largest absolute Gasteiger partial charge is 0.369 e. The van der Waals surface area contributed by atoms with Crippen LogP contribution in [0, 0.1) is 0 Å². The monoisotopic (exact) mass is 323 g/mol. The van der Waals surface area contributed by atoms with E-state index in [1.807, 2.05) is 10.6 Å². The maximum Gasteiger partial charge on any atom is 0.202 e. The Morgan fingerprint density at radius 1 is 1.21 bits per heavy atom. The summed E-state index contributed by atoms with van der Waals surface area (Å²) in [5.41, 5.74) is 7.72. The number of imidazole rings is 1. The zero-order valence-corrected chi connectivity index (χ0v) is 12.4. The number of nitrogens with zero attached hydrogens (tertiary/aromatic N) is 4. The van der Waals surface area contributed by atoms with Crippen molar-refractivity contribution in [3.8, 4) is 0 Å². The Bertz CT molecular complexity index is 574. The highest BCUT2D eigenvalue weighted by molar-refractivity contribution is 9.10. The summed E-state index contributed by atoms with van der Waals surface area (Å²) < 4.78 is 2.94. The number of halogens is 1. The van der Waals surface area contributed by atoms with Gasteiger partial charge in [0, 0.05) is 23.8 Å². The molecule has 0 saturated carbocycles. The number of hydrogen-bond acceptors (Lipinski definition) is 4. The van der Waals surface area contributed by atoms with Crippen LogP contribution in [0.4, 0.5) is 5.95 Å². The van der Waals surface area contributed by atoms with Crippen molar-refractivity contribution >= 4 is 33.0 Å². The molecule has 1 fully saturated rings. The van der Waals surface area contributed by atoms with E-state index < -0.39 is 0 Å². The molecule has 6 heteroatoms. The second-order valence-corrected chi connectivity index (χ2v) is 5.94. The van der Waals surface area contributed by atoms with Crippen LogP contribution in [0.15, 0.2) is 16.7 Å². The van der Waals surface area contributed by atoms with Gasteiger partial charge in [-0.25, -0.2) is 9.97 Å². The van der Waals surface area contributed by atoms with Gasteiger partial charge in [-0.15, -0.1) is 0 Å². The van der Waals surface area contributed by atoms with Gasteiger partial charge in [-0.2, -0.15) is 0 Å². The van der Waals surface area contributed by atoms with Gasteiger partial charge in [-0.1, -0.05) is 6.42 Å². The number of fused-ring (bicyclic) bond motifs is 1. The van der Waals surface area contributed by atoms with Crippen molar-refractivity contribution in [2.45, 2.75) is 25.8 Å². The standard InChI is InChI=1S/C13H18BrN5/c14-10-8-11-12(16-9-10)19(13(15)17-11)7-6-18-4-2-1-3-5-18/h8-9H,1-7H2,(H2,15,17). The maximum absolute atomic E-state index is 6.00. The molecular formula is C13H18BrN5. The molecule has 0 amide bonds. The Morgan fingerprint density at radius 2 is 2.00 bits per heavy atom. The first-order valence-electron chi connectivity index (χ1n) is 6.73. The summed E-state index contributed by atoms with van der Waals surface area (Å²) in [6.45, 7) is 4.28. The first-order valence-corrected chi connectivity index (χ1v) is 7.53. The summed E-state index contributed by atoms with van der Waals surface area (Å²) in [7, 11) is 0. The van der Waals surface area contributed by atoms with Crippen LogP contribution >= 0.6 is 15.9 Å². The van der Waals surface area contributed by atoms with Crippen molar-refractivity contribution in [2.75, 3.05) is 25.4 Å². The summed E-state index contributed by atoms with van der Waals surface area (Å²) in [6, 6.07) is 1.95. The smallest absolute Gasteiger partial charge is 0.202 e. The van der Waals surface area contributed by atoms with E-state index in [0.29, 0.717) is 5.95 Å². The van der Waals surface area contributed by atoms with Crippen molar-refractivity contribution in [3.05, 3.63) is 16.7 Å². The Labute approximate surface area is 120 Å². The van der Waals surface area contributed by atoms with Crippen LogP contribution < -0.4 is 5.73 Å². The molecule has 0 unspecified atom stereocenters. The van der Waals surface area contributed by atoms with Crippen molar-refractivity contribution in [1.29, 1.82) is 0 Å². The minimum absolute atomic E-state index is 0.553. The van der Waals surface area contributed by atoms with Gasteiger partial charge in [0.25, 0.3) is 0 Å². The van der Waals surface area contributed by atoms with Gasteiger partial charge in [0.2, 0.25) is 5.95 Å². The van der Waals surface area contributed by atoms with Crippen LogP contribution in [0.3, 0.4) is 0 Å². The Hall–Kier alpha value is -1.14. The van der Waals surface area contributed by atoms with Gasteiger partial charge in [0.1, 0.15) is 5.52 Å². The molecule has 0 radical (unpaired) electrons. The predicted octanol–water partition coefficient (Wildman–Crippen LogP) is 2.26. The molecule has 1 aliphatic rings. The van der Waals surface area contributed by atoms with Crippen LogP contribution in [-0.4, -0.2) is 39.1 Å². The third-order valence-electron chi connectivity index (χ3n) is 3.67. The van der Waals surface area contributed by atoms with E-state index in [2.05, 4.69) is 30.8 Å². The Balaban J connectivity index is 1.78. The molecule has 0 spiro atoms. The number of anilines is 1. The molecule has 3 rings (SSSR count). The molecule has 19 heavy (non-hydrogen) atoms. The third kappa shape index (κ3) is 2.74. The van der Waals surface area contributed by atoms with E-state index >= 15 is 0 Å². The second kappa shape index (κ2) is 5.46. The van der Waals surface area contributed by atoms with Gasteiger partial charge in [-0.3, -0.25) is 4.57 Å². The summed E-state index contributed by atoms with van der Waals surface area (Å²) in [5, 5.41) is 0. The molecule has 0 aromatic carbocycles. The van der Waals surface area contributed by atoms with Crippen LogP contribution in [-0.2, 0) is 6.54 Å². The van der Waals surface area contributed by atoms with Crippen molar-refractivity contribution in [3.63, 3.8) is 0 Å². The topological polar surface area (TPSA) is 60.0 Å². The number of aromatic nitrogens is 3. The second-order valence-electron chi connectivity index (χ2n) is 5.02. The molecule has 2 aromatic heterocycles. The van der Waals surface area contributed by atoms with Crippen LogP contribution in [0.5, 0.6) is 0 Å². The van der Waals surface area contributed by atoms with E-state index in [4.69, 9.17) is 5.73 Å². The molecule has 3 heterocycles. The summed E-state index contributed by atoms with van der Waals surface area (Å²) >= 11 is 3.41. The van der Waals surface area contributed by atoms with Crippen LogP contribution in [0.1, 0.15) is 19.3 Å². The SMILES string of the molecule is Nc1nc2cc(Br)cnc2n1CCN1CCCCC1. The minimum Gasteiger partial charge on any atom is -0.369 e. The summed E-state index contributed by atoms with van der Waals surface area (Å²) in [6.07, 6.45) is 5.78. The first-order chi connectivity index (χ1) is 9.24. The summed E-state index contributed by atoms with van der Waals surface area (Å²) in [4.78, 5) is 11.3. The molecule has 1 saturated heterocycles. The molecule has 102 valence electrons. The van der Waals surface area contributed by atoms with E-state index in [0.717, 1.165) is 28.7 Å². The third-order valence-corrected chi connectivity index (χ3v) is 4.10. The van der Waals surface area contributed by atoms with Gasteiger partial charge in [0.15, 0.2) is 5.65 Å². The Kier molecular flexibility index (Phi) is 3.70. The van der Waals surface area contributed by atoms with Crippen molar-refractivity contribution < 1.29 is 0 Å². The highest BCUT2D eigenvalue weighted by Gasteiger charge is 2.13. The average Bonchev–Trinajstić information content (AvgIpc) is 2.72. The number of likely N-dealkylation sites (tertiary alicyclic amines) is 1. The van der Waals surface area contributed by atoms with Crippen LogP contribution in [0.25, 0.3) is 11.2 Å². The fourth-order valence-electron chi connectivity index (χ4n) is 2.65. The fraction of sp³-hybridized carbons (Fsp3) is 0.538. The number of nitrogen functional groups attached to an aromatic ring is 1. The van der Waals surface area contributed by atoms with E-state index in [1.54, 1.807) is 6.20 Å². The first kappa shape index (κ1) is 12.9. The van der Waals surface area contributed by atoms with Crippen LogP contribution in [0.2, 0.25) is 0 Å². The number of hydrogen-bond donors (Lipinski definition) is 1. The van der Waals surface area contributed by atoms with Gasteiger partial charge in [-0.05, 0) is 47.9 Å². The Morgan fingerprint density at radius 3 is 2.79 bits per heavy atom. The lowest BCUT2D eigenvalue weighted by atomic mass is 10.1. The quantitative estimate of drug-likeness (QED) is 0.941. The van der Waals surface area contributed by atoms with Crippen molar-refractivity contribution in [2.24, 2.45) is 0 Å². The lowest BCUT2D eigenvalue weighted by Crippen LogP contribution is -2.32. The summed E-state index contributed by atoms with van der Waals surface area (Å²) in [5.74, 6) is 0.553. The zero-order valence-electron chi connectivity index (χ0n) is 10.8. The fourth-order valence-corrected chi connectivity index (χ4v) is 2.97. The minimum atomic E-state index is 0.553. The van der Waals surface area contributed by atoms with E-state index in [1.165, 1.54) is 32.4 Å².